The van der Waals surface area contributed by atoms with Crippen molar-refractivity contribution in [3.8, 4) is 10.4 Å². The van der Waals surface area contributed by atoms with Gasteiger partial charge in [-0.1, -0.05) is 37.3 Å². The molecule has 0 atom stereocenters. The van der Waals surface area contributed by atoms with Crippen LogP contribution < -0.4 is 5.32 Å². The van der Waals surface area contributed by atoms with Gasteiger partial charge in [0.25, 0.3) is 0 Å². The van der Waals surface area contributed by atoms with E-state index >= 15 is 0 Å². The van der Waals surface area contributed by atoms with Gasteiger partial charge in [-0.3, -0.25) is 4.79 Å². The third-order valence-electron chi connectivity index (χ3n) is 2.50. The minimum absolute atomic E-state index is 0.0969. The molecule has 2 nitrogen and oxygen atoms in total. The van der Waals surface area contributed by atoms with Gasteiger partial charge in [-0.25, -0.2) is 0 Å². The largest absolute Gasteiger partial charge is 0.351 e. The van der Waals surface area contributed by atoms with Gasteiger partial charge in [-0.2, -0.15) is 0 Å². The lowest BCUT2D eigenvalue weighted by Gasteiger charge is -2.00. The number of amides is 1. The summed E-state index contributed by atoms with van der Waals surface area (Å²) < 4.78 is 0. The molecule has 0 spiro atoms. The summed E-state index contributed by atoms with van der Waals surface area (Å²) in [6.45, 7) is 2.49. The van der Waals surface area contributed by atoms with Gasteiger partial charge in [0.05, 0.1) is 6.54 Å². The molecule has 2 rings (SSSR count). The second-order valence-corrected chi connectivity index (χ2v) is 4.93. The molecule has 1 amide bonds. The molecule has 1 aromatic heterocycles. The van der Waals surface area contributed by atoms with E-state index in [0.717, 1.165) is 0 Å². The average molecular weight is 245 g/mol. The molecule has 1 heterocycles. The fraction of sp³-hybridized carbons (Fsp3) is 0.214. The van der Waals surface area contributed by atoms with Crippen LogP contribution >= 0.6 is 11.3 Å². The van der Waals surface area contributed by atoms with Crippen molar-refractivity contribution in [1.82, 2.24) is 5.32 Å². The van der Waals surface area contributed by atoms with Crippen LogP contribution in [0.4, 0.5) is 0 Å². The predicted molar refractivity (Wildman–Crippen MR) is 71.9 cm³/mol. The van der Waals surface area contributed by atoms with E-state index in [0.29, 0.717) is 13.0 Å². The van der Waals surface area contributed by atoms with Crippen LogP contribution in [-0.4, -0.2) is 5.91 Å². The molecular weight excluding hydrogens is 230 g/mol. The van der Waals surface area contributed by atoms with Gasteiger partial charge in [-0.15, -0.1) is 11.3 Å². The van der Waals surface area contributed by atoms with Crippen LogP contribution in [0.3, 0.4) is 0 Å². The van der Waals surface area contributed by atoms with Crippen molar-refractivity contribution in [1.29, 1.82) is 0 Å². The average Bonchev–Trinajstić information content (AvgIpc) is 2.86. The molecule has 0 radical (unpaired) electrons. The number of hydrogen-bond acceptors (Lipinski definition) is 2. The molecule has 0 saturated heterocycles. The Morgan fingerprint density at radius 3 is 2.65 bits per heavy atom. The van der Waals surface area contributed by atoms with Crippen LogP contribution in [0.2, 0.25) is 0 Å². The summed E-state index contributed by atoms with van der Waals surface area (Å²) in [6, 6.07) is 14.5. The highest BCUT2D eigenvalue weighted by Gasteiger charge is 2.03. The Balaban J connectivity index is 2.04. The first-order valence-corrected chi connectivity index (χ1v) is 6.52. The fourth-order valence-corrected chi connectivity index (χ4v) is 2.49. The number of benzene rings is 1. The number of rotatable bonds is 4. The Hall–Kier alpha value is -1.61. The summed E-state index contributed by atoms with van der Waals surface area (Å²) in [5.41, 5.74) is 1.23. The SMILES string of the molecule is CCC(=O)NCc1ccc(-c2ccccc2)s1. The summed E-state index contributed by atoms with van der Waals surface area (Å²) in [5.74, 6) is 0.0969. The standard InChI is InChI=1S/C14H15NOS/c1-2-14(16)15-10-12-8-9-13(17-12)11-6-4-3-5-7-11/h3-9H,2,10H2,1H3,(H,15,16). The zero-order valence-corrected chi connectivity index (χ0v) is 10.6. The Morgan fingerprint density at radius 2 is 1.94 bits per heavy atom. The molecule has 88 valence electrons. The highest BCUT2D eigenvalue weighted by Crippen LogP contribution is 2.27. The second kappa shape index (κ2) is 5.64. The molecule has 0 aliphatic rings. The molecule has 0 fully saturated rings. The second-order valence-electron chi connectivity index (χ2n) is 3.76. The summed E-state index contributed by atoms with van der Waals surface area (Å²) >= 11 is 1.72. The van der Waals surface area contributed by atoms with E-state index in [-0.39, 0.29) is 5.91 Å². The van der Waals surface area contributed by atoms with Crippen molar-refractivity contribution in [3.63, 3.8) is 0 Å². The van der Waals surface area contributed by atoms with Gasteiger partial charge in [0.2, 0.25) is 5.91 Å². The Morgan fingerprint density at radius 1 is 1.18 bits per heavy atom. The van der Waals surface area contributed by atoms with Crippen LogP contribution in [0.25, 0.3) is 10.4 Å². The highest BCUT2D eigenvalue weighted by atomic mass is 32.1. The van der Waals surface area contributed by atoms with Gasteiger partial charge in [-0.05, 0) is 17.7 Å². The third kappa shape index (κ3) is 3.17. The lowest BCUT2D eigenvalue weighted by molar-refractivity contribution is -0.120. The van der Waals surface area contributed by atoms with E-state index in [1.54, 1.807) is 11.3 Å². The number of carbonyl (C=O) groups is 1. The first-order chi connectivity index (χ1) is 8.29. The van der Waals surface area contributed by atoms with E-state index in [1.165, 1.54) is 15.3 Å². The molecule has 0 bridgehead atoms. The maximum Gasteiger partial charge on any atom is 0.220 e. The number of thiophene rings is 1. The highest BCUT2D eigenvalue weighted by molar-refractivity contribution is 7.15. The smallest absolute Gasteiger partial charge is 0.220 e. The normalized spacial score (nSPS) is 10.2. The van der Waals surface area contributed by atoms with E-state index in [9.17, 15) is 4.79 Å². The Kier molecular flexibility index (Phi) is 3.94. The predicted octanol–water partition coefficient (Wildman–Crippen LogP) is 3.44. The quantitative estimate of drug-likeness (QED) is 0.878. The molecule has 0 unspecified atom stereocenters. The summed E-state index contributed by atoms with van der Waals surface area (Å²) in [7, 11) is 0. The Labute approximate surface area is 105 Å². The third-order valence-corrected chi connectivity index (χ3v) is 3.64. The van der Waals surface area contributed by atoms with Crippen LogP contribution in [0, 0.1) is 0 Å². The molecular formula is C14H15NOS. The van der Waals surface area contributed by atoms with Crippen molar-refractivity contribution >= 4 is 17.2 Å². The van der Waals surface area contributed by atoms with Crippen molar-refractivity contribution in [2.45, 2.75) is 19.9 Å². The minimum atomic E-state index is 0.0969. The zero-order chi connectivity index (χ0) is 12.1. The van der Waals surface area contributed by atoms with Crippen LogP contribution in [0.5, 0.6) is 0 Å². The molecule has 2 aromatic rings. The minimum Gasteiger partial charge on any atom is -0.351 e. The number of carbonyl (C=O) groups excluding carboxylic acids is 1. The van der Waals surface area contributed by atoms with Crippen molar-refractivity contribution in [3.05, 3.63) is 47.3 Å². The Bertz CT molecular complexity index is 490. The van der Waals surface area contributed by atoms with E-state index in [4.69, 9.17) is 0 Å². The van der Waals surface area contributed by atoms with Crippen LogP contribution in [0.1, 0.15) is 18.2 Å². The summed E-state index contributed by atoms with van der Waals surface area (Å²) in [6.07, 6.45) is 0.539. The molecule has 0 saturated carbocycles. The molecule has 17 heavy (non-hydrogen) atoms. The number of hydrogen-bond donors (Lipinski definition) is 1. The maximum absolute atomic E-state index is 11.2. The van der Waals surface area contributed by atoms with Crippen LogP contribution in [0.15, 0.2) is 42.5 Å². The summed E-state index contributed by atoms with van der Waals surface area (Å²) in [4.78, 5) is 13.6. The van der Waals surface area contributed by atoms with E-state index in [2.05, 4.69) is 29.6 Å². The van der Waals surface area contributed by atoms with Gasteiger partial charge < -0.3 is 5.32 Å². The lowest BCUT2D eigenvalue weighted by atomic mass is 10.2. The van der Waals surface area contributed by atoms with Crippen molar-refractivity contribution < 1.29 is 4.79 Å². The first kappa shape index (κ1) is 11.9. The van der Waals surface area contributed by atoms with E-state index in [1.807, 2.05) is 25.1 Å². The lowest BCUT2D eigenvalue weighted by Crippen LogP contribution is -2.20. The van der Waals surface area contributed by atoms with Crippen molar-refractivity contribution in [2.75, 3.05) is 0 Å². The van der Waals surface area contributed by atoms with Crippen LogP contribution in [-0.2, 0) is 11.3 Å². The van der Waals surface area contributed by atoms with E-state index < -0.39 is 0 Å². The molecule has 0 aliphatic heterocycles. The molecule has 3 heteroatoms. The number of nitrogens with one attached hydrogen (secondary N) is 1. The zero-order valence-electron chi connectivity index (χ0n) is 9.77. The van der Waals surface area contributed by atoms with Gasteiger partial charge >= 0.3 is 0 Å². The summed E-state index contributed by atoms with van der Waals surface area (Å²) in [5, 5.41) is 2.88. The topological polar surface area (TPSA) is 29.1 Å². The molecule has 0 aliphatic carbocycles. The van der Waals surface area contributed by atoms with Crippen molar-refractivity contribution in [2.24, 2.45) is 0 Å². The van der Waals surface area contributed by atoms with Gasteiger partial charge in [0.15, 0.2) is 0 Å². The van der Waals surface area contributed by atoms with Gasteiger partial charge in [0, 0.05) is 16.2 Å². The molecule has 1 N–H and O–H groups in total. The molecule has 1 aromatic carbocycles. The monoisotopic (exact) mass is 245 g/mol. The first-order valence-electron chi connectivity index (χ1n) is 5.70. The van der Waals surface area contributed by atoms with Gasteiger partial charge in [0.1, 0.15) is 0 Å². The fourth-order valence-electron chi connectivity index (χ4n) is 1.54. The maximum atomic E-state index is 11.2.